The van der Waals surface area contributed by atoms with Gasteiger partial charge in [-0.1, -0.05) is 79.4 Å². The highest BCUT2D eigenvalue weighted by atomic mass is 28.3. The molecule has 0 radical (unpaired) electrons. The summed E-state index contributed by atoms with van der Waals surface area (Å²) in [5, 5.41) is 1.35. The lowest BCUT2D eigenvalue weighted by Crippen LogP contribution is -2.37. The van der Waals surface area contributed by atoms with Crippen LogP contribution in [-0.2, 0) is 0 Å². The molecule has 0 amide bonds. The predicted molar refractivity (Wildman–Crippen MR) is 103 cm³/mol. The van der Waals surface area contributed by atoms with Crippen molar-refractivity contribution in [3.8, 4) is 22.4 Å². The highest BCUT2D eigenvalue weighted by Gasteiger charge is 2.16. The smallest absolute Gasteiger partial charge is 0.0775 e. The summed E-state index contributed by atoms with van der Waals surface area (Å²) in [4.78, 5) is 4.53. The van der Waals surface area contributed by atoms with Crippen LogP contribution in [0.25, 0.3) is 22.4 Å². The molecule has 23 heavy (non-hydrogen) atoms. The fraction of sp³-hybridized carbons (Fsp3) is 0.190. The first-order chi connectivity index (χ1) is 12.2. The molecule has 0 spiro atoms. The minimum atomic E-state index is -2.20. The molecule has 0 saturated heterocycles. The van der Waals surface area contributed by atoms with E-state index in [0.717, 1.165) is 11.1 Å². The van der Waals surface area contributed by atoms with Crippen molar-refractivity contribution in [1.82, 2.24) is 4.98 Å². The van der Waals surface area contributed by atoms with E-state index >= 15 is 0 Å². The van der Waals surface area contributed by atoms with Gasteiger partial charge in [-0.05, 0) is 24.0 Å². The van der Waals surface area contributed by atoms with Crippen LogP contribution >= 0.6 is 0 Å². The number of pyridine rings is 1. The molecule has 0 aliphatic carbocycles. The zero-order valence-corrected chi connectivity index (χ0v) is 14.8. The quantitative estimate of drug-likeness (QED) is 0.599. The predicted octanol–water partition coefficient (Wildman–Crippen LogP) is 5.27. The van der Waals surface area contributed by atoms with Crippen molar-refractivity contribution in [2.75, 3.05) is 0 Å². The van der Waals surface area contributed by atoms with Gasteiger partial charge in [-0.2, -0.15) is 0 Å². The van der Waals surface area contributed by atoms with Crippen LogP contribution < -0.4 is 5.19 Å². The van der Waals surface area contributed by atoms with E-state index in [1.54, 1.807) is 12.3 Å². The van der Waals surface area contributed by atoms with Gasteiger partial charge < -0.3 is 0 Å². The fourth-order valence-corrected chi connectivity index (χ4v) is 3.77. The van der Waals surface area contributed by atoms with Crippen molar-refractivity contribution in [2.45, 2.75) is 26.5 Å². The number of benzene rings is 2. The lowest BCUT2D eigenvalue weighted by atomic mass is 10.0. The van der Waals surface area contributed by atoms with E-state index in [-0.39, 0.29) is 0 Å². The van der Waals surface area contributed by atoms with Crippen molar-refractivity contribution in [1.29, 1.82) is 0 Å². The Morgan fingerprint density at radius 3 is 2.17 bits per heavy atom. The Bertz CT molecular complexity index is 895. The summed E-state index contributed by atoms with van der Waals surface area (Å²) in [6, 6.07) is 19.6. The van der Waals surface area contributed by atoms with Gasteiger partial charge in [-0.15, -0.1) is 0 Å². The van der Waals surface area contributed by atoms with Crippen molar-refractivity contribution in [3.63, 3.8) is 0 Å². The van der Waals surface area contributed by atoms with Crippen molar-refractivity contribution in [3.05, 3.63) is 72.4 Å². The molecule has 2 heteroatoms. The number of hydrogen-bond donors (Lipinski definition) is 0. The first kappa shape index (κ1) is 12.3. The largest absolute Gasteiger partial charge is 0.256 e. The van der Waals surface area contributed by atoms with Gasteiger partial charge in [0.25, 0.3) is 0 Å². The molecule has 2 aromatic carbocycles. The summed E-state index contributed by atoms with van der Waals surface area (Å²) < 4.78 is 23.9. The molecule has 0 fully saturated rings. The van der Waals surface area contributed by atoms with Gasteiger partial charge in [0.05, 0.1) is 13.8 Å². The zero-order valence-electron chi connectivity index (χ0n) is 16.8. The van der Waals surface area contributed by atoms with E-state index in [1.807, 2.05) is 42.5 Å². The van der Waals surface area contributed by atoms with E-state index < -0.39 is 14.9 Å². The second-order valence-electron chi connectivity index (χ2n) is 6.81. The third kappa shape index (κ3) is 3.43. The van der Waals surface area contributed by atoms with E-state index in [1.165, 1.54) is 5.19 Å². The molecule has 1 heterocycles. The van der Waals surface area contributed by atoms with E-state index in [0.29, 0.717) is 16.8 Å². The van der Waals surface area contributed by atoms with Gasteiger partial charge in [-0.3, -0.25) is 4.98 Å². The molecule has 116 valence electrons. The Labute approximate surface area is 144 Å². The molecule has 0 saturated carbocycles. The van der Waals surface area contributed by atoms with Gasteiger partial charge in [0, 0.05) is 21.4 Å². The zero-order chi connectivity index (χ0) is 18.9. The number of rotatable bonds is 3. The molecular weight excluding hydrogens is 294 g/mol. The minimum absolute atomic E-state index is 0.340. The summed E-state index contributed by atoms with van der Waals surface area (Å²) in [7, 11) is -1.39. The highest BCUT2D eigenvalue weighted by Crippen LogP contribution is 2.26. The van der Waals surface area contributed by atoms with Crippen molar-refractivity contribution < 1.29 is 4.11 Å². The fourth-order valence-electron chi connectivity index (χ4n) is 2.60. The Hall–Kier alpha value is -2.19. The van der Waals surface area contributed by atoms with Crippen molar-refractivity contribution >= 4 is 13.3 Å². The molecule has 3 rings (SSSR count). The lowest BCUT2D eigenvalue weighted by molar-refractivity contribution is 1.29. The molecule has 0 unspecified atom stereocenters. The van der Waals surface area contributed by atoms with Crippen molar-refractivity contribution in [2.24, 2.45) is 0 Å². The van der Waals surface area contributed by atoms with E-state index in [2.05, 4.69) is 36.8 Å². The Balaban J connectivity index is 2.10. The normalized spacial score (nSPS) is 14.0. The van der Waals surface area contributed by atoms with Gasteiger partial charge in [0.1, 0.15) is 0 Å². The molecular formula is C21H23NSi. The van der Waals surface area contributed by atoms with Gasteiger partial charge in [-0.25, -0.2) is 0 Å². The summed E-state index contributed by atoms with van der Waals surface area (Å²) >= 11 is 0. The summed E-state index contributed by atoms with van der Waals surface area (Å²) in [6.07, 6.45) is 1.69. The Kier molecular flexibility index (Phi) is 3.27. The van der Waals surface area contributed by atoms with Gasteiger partial charge in [0.2, 0.25) is 0 Å². The average Bonchev–Trinajstić information content (AvgIpc) is 2.61. The number of nitrogens with zero attached hydrogens (tertiary/aromatic N) is 1. The molecule has 0 aliphatic heterocycles. The van der Waals surface area contributed by atoms with Crippen LogP contribution in [0.15, 0.2) is 66.9 Å². The minimum Gasteiger partial charge on any atom is -0.256 e. The van der Waals surface area contributed by atoms with Gasteiger partial charge in [0.15, 0.2) is 0 Å². The van der Waals surface area contributed by atoms with Crippen LogP contribution in [0, 0.1) is 6.85 Å². The van der Waals surface area contributed by atoms with Crippen LogP contribution in [0.1, 0.15) is 9.68 Å². The average molecular weight is 321 g/mol. The molecule has 3 aromatic rings. The Morgan fingerprint density at radius 2 is 1.57 bits per heavy atom. The molecule has 0 N–H and O–H groups in total. The molecule has 0 bridgehead atoms. The summed E-state index contributed by atoms with van der Waals surface area (Å²) in [5.41, 5.74) is 3.50. The topological polar surface area (TPSA) is 12.9 Å². The number of aromatic nitrogens is 1. The number of aryl methyl sites for hydroxylation is 1. The van der Waals surface area contributed by atoms with E-state index in [9.17, 15) is 0 Å². The lowest BCUT2D eigenvalue weighted by Gasteiger charge is -2.17. The Morgan fingerprint density at radius 1 is 0.870 bits per heavy atom. The van der Waals surface area contributed by atoms with Crippen LogP contribution in [0.5, 0.6) is 0 Å². The molecule has 1 aromatic heterocycles. The SMILES string of the molecule is [2H]C([2H])([2H])c1cc(-c2ccccc2)ncc1-c1ccc([Si](C)(C)C)cc1. The maximum atomic E-state index is 7.98. The van der Waals surface area contributed by atoms with Crippen LogP contribution in [-0.4, -0.2) is 13.1 Å². The number of hydrogen-bond acceptors (Lipinski definition) is 1. The monoisotopic (exact) mass is 320 g/mol. The molecule has 0 atom stereocenters. The summed E-state index contributed by atoms with van der Waals surface area (Å²) in [5.74, 6) is 0. The second-order valence-corrected chi connectivity index (χ2v) is 11.9. The standard InChI is InChI=1S/C21H23NSi/c1-16-14-21(18-8-6-5-7-9-18)22-15-20(16)17-10-12-19(13-11-17)23(2,3)4/h5-15H,1-4H3/i1D3. The highest BCUT2D eigenvalue weighted by molar-refractivity contribution is 6.88. The first-order valence-corrected chi connectivity index (χ1v) is 11.3. The van der Waals surface area contributed by atoms with Gasteiger partial charge >= 0.3 is 0 Å². The third-order valence-corrected chi connectivity index (χ3v) is 6.10. The molecule has 0 aliphatic rings. The van der Waals surface area contributed by atoms with Crippen LogP contribution in [0.3, 0.4) is 0 Å². The summed E-state index contributed by atoms with van der Waals surface area (Å²) in [6.45, 7) is 4.70. The maximum Gasteiger partial charge on any atom is 0.0775 e. The molecule has 1 nitrogen and oxygen atoms in total. The van der Waals surface area contributed by atoms with Crippen LogP contribution in [0.4, 0.5) is 0 Å². The van der Waals surface area contributed by atoms with E-state index in [4.69, 9.17) is 4.11 Å². The van der Waals surface area contributed by atoms with Crippen LogP contribution in [0.2, 0.25) is 19.6 Å². The first-order valence-electron chi connectivity index (χ1n) is 9.33. The maximum absolute atomic E-state index is 7.98. The third-order valence-electron chi connectivity index (χ3n) is 4.04. The second kappa shape index (κ2) is 6.13.